The lowest BCUT2D eigenvalue weighted by Gasteiger charge is -2.40. The number of amides is 1. The first kappa shape index (κ1) is 23.6. The summed E-state index contributed by atoms with van der Waals surface area (Å²) in [5.74, 6) is 0.546. The Kier molecular flexibility index (Phi) is 6.75. The number of carbonyl (C=O) groups excluding carboxylic acids is 1. The molecular formula is C27H33N5O2. The van der Waals surface area contributed by atoms with Crippen molar-refractivity contribution in [2.75, 3.05) is 43.6 Å². The molecular weight excluding hydrogens is 426 g/mol. The van der Waals surface area contributed by atoms with Crippen molar-refractivity contribution in [3.8, 4) is 5.75 Å². The number of anilines is 2. The van der Waals surface area contributed by atoms with Gasteiger partial charge in [-0.15, -0.1) is 0 Å². The maximum Gasteiger partial charge on any atom is 0.267 e. The largest absolute Gasteiger partial charge is 0.493 e. The van der Waals surface area contributed by atoms with Crippen LogP contribution >= 0.6 is 0 Å². The van der Waals surface area contributed by atoms with Crippen LogP contribution in [0.25, 0.3) is 0 Å². The molecule has 4 rings (SSSR count). The van der Waals surface area contributed by atoms with Crippen LogP contribution in [-0.4, -0.2) is 44.7 Å². The molecule has 0 saturated heterocycles. The molecule has 0 spiro atoms. The fraction of sp³-hybridized carbons (Fsp3) is 0.333. The number of benzene rings is 2. The molecule has 2 N–H and O–H groups in total. The molecule has 0 bridgehead atoms. The van der Waals surface area contributed by atoms with Gasteiger partial charge in [-0.05, 0) is 56.7 Å². The van der Waals surface area contributed by atoms with Crippen LogP contribution in [0.1, 0.15) is 48.0 Å². The normalized spacial score (nSPS) is 17.0. The lowest BCUT2D eigenvalue weighted by atomic mass is 9.77. The minimum Gasteiger partial charge on any atom is -0.493 e. The molecule has 1 aliphatic heterocycles. The van der Waals surface area contributed by atoms with Crippen LogP contribution in [0, 0.1) is 0 Å². The average Bonchev–Trinajstić information content (AvgIpc) is 2.86. The highest BCUT2D eigenvalue weighted by molar-refractivity contribution is 5.97. The number of rotatable bonds is 8. The Labute approximate surface area is 201 Å². The van der Waals surface area contributed by atoms with Gasteiger partial charge in [0.1, 0.15) is 11.3 Å². The number of hydrogen-bond donors (Lipinski definition) is 2. The Morgan fingerprint density at radius 1 is 0.971 bits per heavy atom. The average molecular weight is 460 g/mol. The molecule has 7 heteroatoms. The zero-order valence-electron chi connectivity index (χ0n) is 20.6. The van der Waals surface area contributed by atoms with Gasteiger partial charge in [0, 0.05) is 56.4 Å². The second-order valence-corrected chi connectivity index (χ2v) is 8.46. The fourth-order valence-corrected chi connectivity index (χ4v) is 4.61. The van der Waals surface area contributed by atoms with E-state index in [4.69, 9.17) is 9.72 Å². The SMILES string of the molecule is CCOc1cc(N(CC)CC)ccc1C1(c2ccc(N(C)C)cc2)NNC(=O)c2cccnc21. The molecule has 0 saturated carbocycles. The van der Waals surface area contributed by atoms with Gasteiger partial charge in [-0.3, -0.25) is 15.2 Å². The molecule has 178 valence electrons. The van der Waals surface area contributed by atoms with E-state index in [1.54, 1.807) is 12.3 Å². The summed E-state index contributed by atoms with van der Waals surface area (Å²) in [6.45, 7) is 8.59. The predicted octanol–water partition coefficient (Wildman–Crippen LogP) is 3.93. The highest BCUT2D eigenvalue weighted by Gasteiger charge is 2.46. The maximum atomic E-state index is 12.8. The van der Waals surface area contributed by atoms with E-state index in [0.29, 0.717) is 17.9 Å². The number of aromatic nitrogens is 1. The Bertz CT molecular complexity index is 1160. The van der Waals surface area contributed by atoms with Gasteiger partial charge >= 0.3 is 0 Å². The van der Waals surface area contributed by atoms with Gasteiger partial charge in [0.2, 0.25) is 0 Å². The summed E-state index contributed by atoms with van der Waals surface area (Å²) in [5.41, 5.74) is 10.5. The van der Waals surface area contributed by atoms with E-state index >= 15 is 0 Å². The Hall–Kier alpha value is -3.58. The van der Waals surface area contributed by atoms with Gasteiger partial charge in [-0.25, -0.2) is 5.43 Å². The van der Waals surface area contributed by atoms with Gasteiger partial charge in [-0.2, -0.15) is 0 Å². The second kappa shape index (κ2) is 9.73. The van der Waals surface area contributed by atoms with E-state index in [1.165, 1.54) is 0 Å². The minimum absolute atomic E-state index is 0.207. The third kappa shape index (κ3) is 3.96. The smallest absolute Gasteiger partial charge is 0.267 e. The number of hydrogen-bond acceptors (Lipinski definition) is 6. The summed E-state index contributed by atoms with van der Waals surface area (Å²) < 4.78 is 6.21. The zero-order chi connectivity index (χ0) is 24.3. The summed E-state index contributed by atoms with van der Waals surface area (Å²) in [6.07, 6.45) is 1.73. The fourth-order valence-electron chi connectivity index (χ4n) is 4.61. The van der Waals surface area contributed by atoms with Crippen molar-refractivity contribution in [2.24, 2.45) is 0 Å². The van der Waals surface area contributed by atoms with E-state index in [1.807, 2.05) is 27.1 Å². The molecule has 2 heterocycles. The summed E-state index contributed by atoms with van der Waals surface area (Å²) >= 11 is 0. The molecule has 0 radical (unpaired) electrons. The van der Waals surface area contributed by atoms with Crippen molar-refractivity contribution in [1.82, 2.24) is 15.8 Å². The topological polar surface area (TPSA) is 69.7 Å². The monoisotopic (exact) mass is 459 g/mol. The minimum atomic E-state index is -0.929. The van der Waals surface area contributed by atoms with Gasteiger partial charge in [-0.1, -0.05) is 18.2 Å². The van der Waals surface area contributed by atoms with Crippen molar-refractivity contribution in [2.45, 2.75) is 26.3 Å². The van der Waals surface area contributed by atoms with Crippen LogP contribution in [-0.2, 0) is 5.54 Å². The molecule has 1 atom stereocenters. The van der Waals surface area contributed by atoms with Crippen LogP contribution in [0.15, 0.2) is 60.8 Å². The number of pyridine rings is 1. The van der Waals surface area contributed by atoms with Crippen molar-refractivity contribution in [1.29, 1.82) is 0 Å². The molecule has 7 nitrogen and oxygen atoms in total. The lowest BCUT2D eigenvalue weighted by molar-refractivity contribution is 0.0893. The number of ether oxygens (including phenoxy) is 1. The number of nitrogens with one attached hydrogen (secondary N) is 2. The number of carbonyl (C=O) groups is 1. The molecule has 0 aliphatic carbocycles. The van der Waals surface area contributed by atoms with Gasteiger partial charge < -0.3 is 14.5 Å². The van der Waals surface area contributed by atoms with Crippen LogP contribution in [0.4, 0.5) is 11.4 Å². The molecule has 3 aromatic rings. The second-order valence-electron chi connectivity index (χ2n) is 8.46. The molecule has 1 aliphatic rings. The molecule has 1 amide bonds. The summed E-state index contributed by atoms with van der Waals surface area (Å²) in [5, 5.41) is 0. The first-order chi connectivity index (χ1) is 16.5. The molecule has 2 aromatic carbocycles. The first-order valence-electron chi connectivity index (χ1n) is 11.8. The molecule has 34 heavy (non-hydrogen) atoms. The Balaban J connectivity index is 2.00. The van der Waals surface area contributed by atoms with Crippen LogP contribution in [0.5, 0.6) is 5.75 Å². The number of nitrogens with zero attached hydrogens (tertiary/aromatic N) is 3. The van der Waals surface area contributed by atoms with Crippen molar-refractivity contribution in [3.63, 3.8) is 0 Å². The molecule has 0 fully saturated rings. The van der Waals surface area contributed by atoms with Crippen LogP contribution in [0.2, 0.25) is 0 Å². The highest BCUT2D eigenvalue weighted by Crippen LogP contribution is 2.44. The van der Waals surface area contributed by atoms with Crippen molar-refractivity contribution >= 4 is 17.3 Å². The van der Waals surface area contributed by atoms with E-state index in [-0.39, 0.29) is 5.91 Å². The van der Waals surface area contributed by atoms with Crippen molar-refractivity contribution < 1.29 is 9.53 Å². The van der Waals surface area contributed by atoms with Gasteiger partial charge in [0.05, 0.1) is 17.9 Å². The first-order valence-corrected chi connectivity index (χ1v) is 11.8. The van der Waals surface area contributed by atoms with Crippen molar-refractivity contribution in [3.05, 3.63) is 83.2 Å². The quantitative estimate of drug-likeness (QED) is 0.532. The van der Waals surface area contributed by atoms with Gasteiger partial charge in [0.25, 0.3) is 5.91 Å². The predicted molar refractivity (Wildman–Crippen MR) is 137 cm³/mol. The lowest BCUT2D eigenvalue weighted by Crippen LogP contribution is -2.58. The van der Waals surface area contributed by atoms with E-state index in [9.17, 15) is 4.79 Å². The molecule has 1 aromatic heterocycles. The van der Waals surface area contributed by atoms with E-state index in [2.05, 4.69) is 77.0 Å². The van der Waals surface area contributed by atoms with Crippen LogP contribution < -0.4 is 25.4 Å². The zero-order valence-corrected chi connectivity index (χ0v) is 20.6. The third-order valence-electron chi connectivity index (χ3n) is 6.39. The number of fused-ring (bicyclic) bond motifs is 1. The van der Waals surface area contributed by atoms with E-state index in [0.717, 1.165) is 41.3 Å². The Morgan fingerprint density at radius 3 is 2.32 bits per heavy atom. The standard InChI is InChI=1S/C27H33N5O2/c1-6-32(7-2)21-15-16-23(24(18-21)34-8-3)27(19-11-13-20(14-12-19)31(4)5)25-22(10-9-17-28-25)26(33)29-30-27/h9-18,30H,6-8H2,1-5H3,(H,29,33). The third-order valence-corrected chi connectivity index (χ3v) is 6.39. The Morgan fingerprint density at radius 2 is 1.68 bits per heavy atom. The molecule has 1 unspecified atom stereocenters. The van der Waals surface area contributed by atoms with Crippen LogP contribution in [0.3, 0.4) is 0 Å². The summed E-state index contributed by atoms with van der Waals surface area (Å²) in [7, 11) is 4.03. The number of hydrazine groups is 1. The highest BCUT2D eigenvalue weighted by atomic mass is 16.5. The van der Waals surface area contributed by atoms with Gasteiger partial charge in [0.15, 0.2) is 0 Å². The summed E-state index contributed by atoms with van der Waals surface area (Å²) in [4.78, 5) is 21.8. The maximum absolute atomic E-state index is 12.8. The van der Waals surface area contributed by atoms with E-state index < -0.39 is 5.54 Å². The summed E-state index contributed by atoms with van der Waals surface area (Å²) in [6, 6.07) is 18.2.